The van der Waals surface area contributed by atoms with Gasteiger partial charge in [-0.3, -0.25) is 0 Å². The molecule has 2 nitrogen and oxygen atoms in total. The predicted octanol–water partition coefficient (Wildman–Crippen LogP) is 2.96. The van der Waals surface area contributed by atoms with Gasteiger partial charge in [-0.15, -0.1) is 0 Å². The highest BCUT2D eigenvalue weighted by atomic mass is 16.3. The Morgan fingerprint density at radius 2 is 1.75 bits per heavy atom. The van der Waals surface area contributed by atoms with E-state index in [4.69, 9.17) is 5.11 Å². The Balaban J connectivity index is 2.13. The van der Waals surface area contributed by atoms with E-state index in [1.807, 2.05) is 0 Å². The molecule has 1 aliphatic rings. The van der Waals surface area contributed by atoms with Crippen LogP contribution in [0.1, 0.15) is 58.8 Å². The lowest BCUT2D eigenvalue weighted by molar-refractivity contribution is 0.204. The molecule has 0 aromatic heterocycles. The number of aliphatic hydroxyl groups is 1. The first-order chi connectivity index (χ1) is 7.64. The lowest BCUT2D eigenvalue weighted by Gasteiger charge is -2.25. The van der Waals surface area contributed by atoms with Gasteiger partial charge in [0.25, 0.3) is 0 Å². The maximum atomic E-state index is 8.96. The Labute approximate surface area is 101 Å². The maximum absolute atomic E-state index is 8.96. The van der Waals surface area contributed by atoms with Crippen LogP contribution in [0.15, 0.2) is 0 Å². The van der Waals surface area contributed by atoms with Crippen molar-refractivity contribution in [2.45, 2.75) is 58.8 Å². The molecule has 0 aromatic rings. The van der Waals surface area contributed by atoms with E-state index in [1.165, 1.54) is 45.1 Å². The van der Waals surface area contributed by atoms with Gasteiger partial charge in [-0.05, 0) is 37.1 Å². The molecule has 1 fully saturated rings. The van der Waals surface area contributed by atoms with Crippen LogP contribution >= 0.6 is 0 Å². The van der Waals surface area contributed by atoms with Crippen molar-refractivity contribution in [3.05, 3.63) is 0 Å². The van der Waals surface area contributed by atoms with E-state index in [0.717, 1.165) is 18.9 Å². The van der Waals surface area contributed by atoms with Crippen molar-refractivity contribution in [1.82, 2.24) is 5.32 Å². The SMILES string of the molecule is CC(C)(CCO)CNCC1CCCCCC1. The van der Waals surface area contributed by atoms with Gasteiger partial charge in [-0.1, -0.05) is 39.5 Å². The van der Waals surface area contributed by atoms with Gasteiger partial charge in [0.2, 0.25) is 0 Å². The summed E-state index contributed by atoms with van der Waals surface area (Å²) < 4.78 is 0. The van der Waals surface area contributed by atoms with Gasteiger partial charge in [0, 0.05) is 13.2 Å². The summed E-state index contributed by atoms with van der Waals surface area (Å²) in [7, 11) is 0. The number of hydrogen-bond donors (Lipinski definition) is 2. The topological polar surface area (TPSA) is 32.3 Å². The molecule has 0 heterocycles. The molecule has 2 N–H and O–H groups in total. The molecule has 0 amide bonds. The second-order valence-corrected chi connectivity index (χ2v) is 6.13. The van der Waals surface area contributed by atoms with Crippen LogP contribution in [-0.2, 0) is 0 Å². The van der Waals surface area contributed by atoms with Gasteiger partial charge in [0.05, 0.1) is 0 Å². The van der Waals surface area contributed by atoms with Crippen molar-refractivity contribution < 1.29 is 5.11 Å². The predicted molar refractivity (Wildman–Crippen MR) is 69.5 cm³/mol. The van der Waals surface area contributed by atoms with Gasteiger partial charge in [0.15, 0.2) is 0 Å². The largest absolute Gasteiger partial charge is 0.396 e. The van der Waals surface area contributed by atoms with E-state index in [0.29, 0.717) is 6.61 Å². The smallest absolute Gasteiger partial charge is 0.0436 e. The molecule has 1 aliphatic carbocycles. The summed E-state index contributed by atoms with van der Waals surface area (Å²) in [5, 5.41) is 12.6. The summed E-state index contributed by atoms with van der Waals surface area (Å²) in [6, 6.07) is 0. The summed E-state index contributed by atoms with van der Waals surface area (Å²) in [6.07, 6.45) is 9.43. The highest BCUT2D eigenvalue weighted by molar-refractivity contribution is 4.73. The van der Waals surface area contributed by atoms with Crippen molar-refractivity contribution in [3.8, 4) is 0 Å². The molecule has 0 bridgehead atoms. The number of rotatable bonds is 6. The lowest BCUT2D eigenvalue weighted by Crippen LogP contribution is -2.33. The Morgan fingerprint density at radius 1 is 1.12 bits per heavy atom. The van der Waals surface area contributed by atoms with Crippen LogP contribution in [0.3, 0.4) is 0 Å². The third-order valence-corrected chi connectivity index (χ3v) is 3.80. The quantitative estimate of drug-likeness (QED) is 0.684. The third kappa shape index (κ3) is 5.86. The molecule has 0 atom stereocenters. The van der Waals surface area contributed by atoms with Crippen LogP contribution in [0, 0.1) is 11.3 Å². The minimum absolute atomic E-state index is 0.236. The van der Waals surface area contributed by atoms with E-state index in [9.17, 15) is 0 Å². The van der Waals surface area contributed by atoms with Gasteiger partial charge < -0.3 is 10.4 Å². The molecule has 0 radical (unpaired) electrons. The summed E-state index contributed by atoms with van der Waals surface area (Å²) in [4.78, 5) is 0. The Bertz CT molecular complexity index is 172. The summed E-state index contributed by atoms with van der Waals surface area (Å²) in [6.45, 7) is 6.96. The second-order valence-electron chi connectivity index (χ2n) is 6.13. The molecule has 1 rings (SSSR count). The second kappa shape index (κ2) is 7.29. The van der Waals surface area contributed by atoms with Crippen LogP contribution in [0.5, 0.6) is 0 Å². The summed E-state index contributed by atoms with van der Waals surface area (Å²) in [5.74, 6) is 0.896. The number of aliphatic hydroxyl groups excluding tert-OH is 1. The van der Waals surface area contributed by atoms with Crippen molar-refractivity contribution in [1.29, 1.82) is 0 Å². The molecule has 16 heavy (non-hydrogen) atoms. The standard InChI is InChI=1S/C14H29NO/c1-14(2,9-10-16)12-15-11-13-7-5-3-4-6-8-13/h13,15-16H,3-12H2,1-2H3. The fourth-order valence-corrected chi connectivity index (χ4v) is 2.57. The van der Waals surface area contributed by atoms with Crippen molar-refractivity contribution in [2.24, 2.45) is 11.3 Å². The first kappa shape index (κ1) is 14.0. The summed E-state index contributed by atoms with van der Waals surface area (Å²) >= 11 is 0. The minimum atomic E-state index is 0.236. The van der Waals surface area contributed by atoms with E-state index >= 15 is 0 Å². The average Bonchev–Trinajstić information content (AvgIpc) is 2.46. The molecular formula is C14H29NO. The lowest BCUT2D eigenvalue weighted by atomic mass is 9.89. The maximum Gasteiger partial charge on any atom is 0.0436 e. The Kier molecular flexibility index (Phi) is 6.37. The molecule has 0 spiro atoms. The minimum Gasteiger partial charge on any atom is -0.396 e. The van der Waals surface area contributed by atoms with Crippen molar-refractivity contribution in [2.75, 3.05) is 19.7 Å². The van der Waals surface area contributed by atoms with Crippen LogP contribution in [0.4, 0.5) is 0 Å². The first-order valence-electron chi connectivity index (χ1n) is 6.96. The summed E-state index contributed by atoms with van der Waals surface area (Å²) in [5.41, 5.74) is 0.236. The number of hydrogen-bond acceptors (Lipinski definition) is 2. The number of nitrogens with one attached hydrogen (secondary N) is 1. The molecule has 96 valence electrons. The van der Waals surface area contributed by atoms with Crippen molar-refractivity contribution >= 4 is 0 Å². The van der Waals surface area contributed by atoms with Crippen LogP contribution in [0.25, 0.3) is 0 Å². The molecule has 0 aromatic carbocycles. The van der Waals surface area contributed by atoms with Gasteiger partial charge in [0.1, 0.15) is 0 Å². The highest BCUT2D eigenvalue weighted by Crippen LogP contribution is 2.23. The molecule has 0 aliphatic heterocycles. The molecule has 0 saturated heterocycles. The molecule has 1 saturated carbocycles. The van der Waals surface area contributed by atoms with Gasteiger partial charge >= 0.3 is 0 Å². The average molecular weight is 227 g/mol. The van der Waals surface area contributed by atoms with Crippen molar-refractivity contribution in [3.63, 3.8) is 0 Å². The van der Waals surface area contributed by atoms with E-state index < -0.39 is 0 Å². The zero-order valence-electron chi connectivity index (χ0n) is 11.1. The van der Waals surface area contributed by atoms with E-state index in [-0.39, 0.29) is 5.41 Å². The van der Waals surface area contributed by atoms with Gasteiger partial charge in [-0.2, -0.15) is 0 Å². The fraction of sp³-hybridized carbons (Fsp3) is 1.00. The van der Waals surface area contributed by atoms with E-state index in [1.54, 1.807) is 0 Å². The first-order valence-corrected chi connectivity index (χ1v) is 6.96. The molecule has 2 heteroatoms. The molecule has 0 unspecified atom stereocenters. The zero-order chi connectivity index (χ0) is 11.9. The monoisotopic (exact) mass is 227 g/mol. The van der Waals surface area contributed by atoms with Crippen LogP contribution in [0.2, 0.25) is 0 Å². The van der Waals surface area contributed by atoms with Crippen LogP contribution in [-0.4, -0.2) is 24.8 Å². The van der Waals surface area contributed by atoms with E-state index in [2.05, 4.69) is 19.2 Å². The Hall–Kier alpha value is -0.0800. The van der Waals surface area contributed by atoms with Crippen LogP contribution < -0.4 is 5.32 Å². The highest BCUT2D eigenvalue weighted by Gasteiger charge is 2.18. The normalized spacial score (nSPS) is 19.7. The third-order valence-electron chi connectivity index (χ3n) is 3.80. The van der Waals surface area contributed by atoms with Gasteiger partial charge in [-0.25, -0.2) is 0 Å². The Morgan fingerprint density at radius 3 is 2.31 bits per heavy atom. The zero-order valence-corrected chi connectivity index (χ0v) is 11.1. The fourth-order valence-electron chi connectivity index (χ4n) is 2.57. The molecular weight excluding hydrogens is 198 g/mol.